The van der Waals surface area contributed by atoms with Gasteiger partial charge in [-0.05, 0) is 32.4 Å². The molecule has 0 saturated carbocycles. The van der Waals surface area contributed by atoms with Crippen molar-refractivity contribution < 1.29 is 23.2 Å². The van der Waals surface area contributed by atoms with E-state index in [9.17, 15) is 23.2 Å². The highest BCUT2D eigenvalue weighted by Crippen LogP contribution is 2.26. The largest absolute Gasteiger partial charge is 0.365 e. The molecule has 2 heterocycles. The van der Waals surface area contributed by atoms with E-state index < -0.39 is 35.0 Å². The molecule has 3 rings (SSSR count). The second kappa shape index (κ2) is 7.37. The zero-order valence-electron chi connectivity index (χ0n) is 16.1. The fraction of sp³-hybridized carbons (Fsp3) is 0.526. The summed E-state index contributed by atoms with van der Waals surface area (Å²) in [4.78, 5) is 39.9. The molecule has 7 nitrogen and oxygen atoms in total. The van der Waals surface area contributed by atoms with Gasteiger partial charge in [0.15, 0.2) is 11.6 Å². The minimum absolute atomic E-state index is 0.0835. The molecule has 2 aliphatic heterocycles. The van der Waals surface area contributed by atoms with Crippen LogP contribution in [0.1, 0.15) is 27.2 Å². The van der Waals surface area contributed by atoms with Crippen molar-refractivity contribution in [1.29, 1.82) is 0 Å². The normalized spacial score (nSPS) is 26.1. The number of hydrogen-bond acceptors (Lipinski definition) is 4. The molecule has 3 unspecified atom stereocenters. The molecular weight excluding hydrogens is 370 g/mol. The smallest absolute Gasteiger partial charge is 0.322 e. The monoisotopic (exact) mass is 394 g/mol. The van der Waals surface area contributed by atoms with Gasteiger partial charge in [-0.2, -0.15) is 0 Å². The van der Waals surface area contributed by atoms with E-state index in [1.807, 2.05) is 11.8 Å². The number of carbonyl (C=O) groups is 3. The number of carbonyl (C=O) groups excluding carboxylic acids is 3. The summed E-state index contributed by atoms with van der Waals surface area (Å²) < 4.78 is 26.7. The second-order valence-corrected chi connectivity index (χ2v) is 7.77. The van der Waals surface area contributed by atoms with Gasteiger partial charge in [0.1, 0.15) is 5.54 Å². The summed E-state index contributed by atoms with van der Waals surface area (Å²) in [7, 11) is 0. The van der Waals surface area contributed by atoms with E-state index >= 15 is 0 Å². The lowest BCUT2D eigenvalue weighted by Crippen LogP contribution is -2.55. The maximum atomic E-state index is 13.5. The number of nitrogens with one attached hydrogen (secondary N) is 2. The third kappa shape index (κ3) is 3.79. The van der Waals surface area contributed by atoms with Gasteiger partial charge in [0.05, 0.1) is 0 Å². The molecule has 2 aliphatic rings. The molecule has 9 heteroatoms. The number of hydrogen-bond donors (Lipinski definition) is 2. The number of benzene rings is 1. The summed E-state index contributed by atoms with van der Waals surface area (Å²) in [5.41, 5.74) is -0.532. The summed E-state index contributed by atoms with van der Waals surface area (Å²) >= 11 is 0. The van der Waals surface area contributed by atoms with Crippen molar-refractivity contribution in [2.24, 2.45) is 5.92 Å². The number of amides is 4. The van der Waals surface area contributed by atoms with Gasteiger partial charge in [-0.15, -0.1) is 0 Å². The number of halogens is 2. The number of urea groups is 1. The van der Waals surface area contributed by atoms with Gasteiger partial charge >= 0.3 is 6.03 Å². The topological polar surface area (TPSA) is 81.8 Å². The van der Waals surface area contributed by atoms with Crippen molar-refractivity contribution in [3.63, 3.8) is 0 Å². The first-order valence-corrected chi connectivity index (χ1v) is 9.25. The Labute approximate surface area is 162 Å². The van der Waals surface area contributed by atoms with E-state index in [4.69, 9.17) is 0 Å². The third-order valence-electron chi connectivity index (χ3n) is 5.43. The van der Waals surface area contributed by atoms with Crippen LogP contribution >= 0.6 is 0 Å². The van der Waals surface area contributed by atoms with Crippen LogP contribution in [0.5, 0.6) is 0 Å². The first kappa shape index (κ1) is 20.0. The zero-order valence-corrected chi connectivity index (χ0v) is 16.1. The second-order valence-electron chi connectivity index (χ2n) is 7.77. The SMILES string of the molecule is CC(CC1(C)NC(=O)NC1=O)C(=O)N1CCN(c2ccc(F)c(F)c2)C(C)C1. The first-order valence-electron chi connectivity index (χ1n) is 9.25. The minimum Gasteiger partial charge on any atom is -0.365 e. The lowest BCUT2D eigenvalue weighted by molar-refractivity contribution is -0.137. The Morgan fingerprint density at radius 1 is 1.29 bits per heavy atom. The van der Waals surface area contributed by atoms with Crippen molar-refractivity contribution in [2.45, 2.75) is 38.8 Å². The fourth-order valence-corrected chi connectivity index (χ4v) is 3.94. The van der Waals surface area contributed by atoms with Gasteiger partial charge in [0.2, 0.25) is 5.91 Å². The molecule has 0 spiro atoms. The molecule has 0 bridgehead atoms. The summed E-state index contributed by atoms with van der Waals surface area (Å²) in [5, 5.41) is 4.76. The van der Waals surface area contributed by atoms with Crippen molar-refractivity contribution >= 4 is 23.5 Å². The molecule has 2 fully saturated rings. The van der Waals surface area contributed by atoms with Crippen LogP contribution in [0, 0.1) is 17.6 Å². The molecule has 2 N–H and O–H groups in total. The van der Waals surface area contributed by atoms with Gasteiger partial charge in [0, 0.05) is 43.3 Å². The van der Waals surface area contributed by atoms with Crippen molar-refractivity contribution in [3.8, 4) is 0 Å². The first-order chi connectivity index (χ1) is 13.1. The highest BCUT2D eigenvalue weighted by atomic mass is 19.2. The molecule has 0 aromatic heterocycles. The summed E-state index contributed by atoms with van der Waals surface area (Å²) in [6.45, 7) is 6.59. The van der Waals surface area contributed by atoms with E-state index in [-0.39, 0.29) is 18.4 Å². The van der Waals surface area contributed by atoms with Gasteiger partial charge in [0.25, 0.3) is 5.91 Å². The number of anilines is 1. The molecule has 3 atom stereocenters. The lowest BCUT2D eigenvalue weighted by atomic mass is 9.89. The molecule has 28 heavy (non-hydrogen) atoms. The number of piperazine rings is 1. The van der Waals surface area contributed by atoms with Crippen LogP contribution in [-0.4, -0.2) is 54.0 Å². The molecular formula is C19H24F2N4O3. The highest BCUT2D eigenvalue weighted by molar-refractivity contribution is 6.07. The Bertz CT molecular complexity index is 818. The van der Waals surface area contributed by atoms with Gasteiger partial charge in [-0.1, -0.05) is 6.92 Å². The van der Waals surface area contributed by atoms with E-state index in [0.717, 1.165) is 12.1 Å². The standard InChI is InChI=1S/C19H24F2N4O3/c1-11(9-19(3)17(27)22-18(28)23-19)16(26)24-6-7-25(12(2)10-24)13-4-5-14(20)15(21)8-13/h4-5,8,11-12H,6-7,9-10H2,1-3H3,(H2,22,23,27,28). The van der Waals surface area contributed by atoms with E-state index in [2.05, 4.69) is 10.6 Å². The average molecular weight is 394 g/mol. The Balaban J connectivity index is 1.63. The highest BCUT2D eigenvalue weighted by Gasteiger charge is 2.44. The van der Waals surface area contributed by atoms with Crippen LogP contribution in [0.4, 0.5) is 19.3 Å². The maximum Gasteiger partial charge on any atom is 0.322 e. The van der Waals surface area contributed by atoms with E-state index in [0.29, 0.717) is 25.3 Å². The molecule has 152 valence electrons. The lowest BCUT2D eigenvalue weighted by Gasteiger charge is -2.42. The van der Waals surface area contributed by atoms with Crippen molar-refractivity contribution in [2.75, 3.05) is 24.5 Å². The van der Waals surface area contributed by atoms with Crippen LogP contribution in [0.15, 0.2) is 18.2 Å². The minimum atomic E-state index is -1.11. The summed E-state index contributed by atoms with van der Waals surface area (Å²) in [6.07, 6.45) is 0.196. The molecule has 0 aliphatic carbocycles. The molecule has 1 aromatic carbocycles. The number of rotatable bonds is 4. The quantitative estimate of drug-likeness (QED) is 0.761. The van der Waals surface area contributed by atoms with Crippen molar-refractivity contribution in [1.82, 2.24) is 15.5 Å². The number of imide groups is 1. The maximum absolute atomic E-state index is 13.5. The van der Waals surface area contributed by atoms with Crippen molar-refractivity contribution in [3.05, 3.63) is 29.8 Å². The van der Waals surface area contributed by atoms with E-state index in [1.54, 1.807) is 18.7 Å². The Morgan fingerprint density at radius 2 is 2.00 bits per heavy atom. The number of nitrogens with zero attached hydrogens (tertiary/aromatic N) is 2. The summed E-state index contributed by atoms with van der Waals surface area (Å²) in [6, 6.07) is 3.14. The van der Waals surface area contributed by atoms with Crippen LogP contribution in [-0.2, 0) is 9.59 Å². The van der Waals surface area contributed by atoms with E-state index in [1.165, 1.54) is 6.07 Å². The Morgan fingerprint density at radius 3 is 2.57 bits per heavy atom. The predicted octanol–water partition coefficient (Wildman–Crippen LogP) is 1.63. The predicted molar refractivity (Wildman–Crippen MR) is 98.6 cm³/mol. The molecule has 2 saturated heterocycles. The average Bonchev–Trinajstić information content (AvgIpc) is 2.88. The molecule has 0 radical (unpaired) electrons. The summed E-state index contributed by atoms with van der Waals surface area (Å²) in [5.74, 6) is -2.80. The van der Waals surface area contributed by atoms with Crippen LogP contribution < -0.4 is 15.5 Å². The van der Waals surface area contributed by atoms with Crippen LogP contribution in [0.3, 0.4) is 0 Å². The molecule has 1 aromatic rings. The Kier molecular flexibility index (Phi) is 5.27. The fourth-order valence-electron chi connectivity index (χ4n) is 3.94. The Hall–Kier alpha value is -2.71. The third-order valence-corrected chi connectivity index (χ3v) is 5.43. The van der Waals surface area contributed by atoms with Crippen LogP contribution in [0.25, 0.3) is 0 Å². The van der Waals surface area contributed by atoms with Gasteiger partial charge in [-0.25, -0.2) is 13.6 Å². The molecule has 4 amide bonds. The van der Waals surface area contributed by atoms with Gasteiger partial charge < -0.3 is 15.1 Å². The van der Waals surface area contributed by atoms with Crippen LogP contribution in [0.2, 0.25) is 0 Å². The van der Waals surface area contributed by atoms with Gasteiger partial charge in [-0.3, -0.25) is 14.9 Å². The zero-order chi connectivity index (χ0) is 20.6.